The SMILES string of the molecule is [CH3-].[CH3-].[Cl][Zr+2][Cl].c1ccc([Si](c2ccccc2)(C2CCCC2)C2C3CCCCC3C3CCCCC32)cc1. The molecule has 196 valence electrons. The zero-order valence-electron chi connectivity index (χ0n) is 22.5. The first-order valence-electron chi connectivity index (χ1n) is 13.9. The van der Waals surface area contributed by atoms with Gasteiger partial charge in [-0.25, -0.2) is 0 Å². The number of fused-ring (bicyclic) bond motifs is 3. The molecule has 4 unspecified atom stereocenters. The Bertz CT molecular complexity index is 824. The van der Waals surface area contributed by atoms with Gasteiger partial charge in [-0.3, -0.25) is 0 Å². The molecule has 0 spiro atoms. The van der Waals surface area contributed by atoms with E-state index in [2.05, 4.69) is 60.7 Å². The molecule has 6 rings (SSSR count). The van der Waals surface area contributed by atoms with Crippen LogP contribution in [-0.2, 0) is 20.8 Å². The summed E-state index contributed by atoms with van der Waals surface area (Å²) in [7, 11) is 7.97. The van der Waals surface area contributed by atoms with Crippen molar-refractivity contribution in [3.05, 3.63) is 75.5 Å². The monoisotopic (exact) mass is 618 g/mol. The third-order valence-electron chi connectivity index (χ3n) is 10.3. The van der Waals surface area contributed by atoms with Crippen LogP contribution in [0.25, 0.3) is 0 Å². The van der Waals surface area contributed by atoms with Gasteiger partial charge in [-0.05, 0) is 47.6 Å². The van der Waals surface area contributed by atoms with E-state index in [-0.39, 0.29) is 14.9 Å². The molecule has 4 fully saturated rings. The molecule has 0 aromatic heterocycles. The van der Waals surface area contributed by atoms with E-state index in [0.717, 1.165) is 34.8 Å². The van der Waals surface area contributed by atoms with Crippen LogP contribution in [0.5, 0.6) is 0 Å². The molecule has 4 heteroatoms. The Hall–Kier alpha value is 0.120. The van der Waals surface area contributed by atoms with Gasteiger partial charge in [0, 0.05) is 0 Å². The minimum absolute atomic E-state index is 0. The Kier molecular flexibility index (Phi) is 12.3. The van der Waals surface area contributed by atoms with E-state index in [1.807, 2.05) is 0 Å². The van der Waals surface area contributed by atoms with Gasteiger partial charge >= 0.3 is 37.9 Å². The Morgan fingerprint density at radius 1 is 0.528 bits per heavy atom. The van der Waals surface area contributed by atoms with Gasteiger partial charge in [0.05, 0.1) is 0 Å². The molecule has 0 heterocycles. The van der Waals surface area contributed by atoms with Crippen molar-refractivity contribution in [2.45, 2.75) is 88.1 Å². The minimum atomic E-state index is -1.90. The molecule has 0 aliphatic heterocycles. The third-order valence-corrected chi connectivity index (χ3v) is 16.6. The molecule has 4 atom stereocenters. The van der Waals surface area contributed by atoms with Crippen LogP contribution < -0.4 is 10.4 Å². The largest absolute Gasteiger partial charge is 0.124 e. The van der Waals surface area contributed by atoms with Crippen LogP contribution in [0.2, 0.25) is 11.1 Å². The number of halogens is 2. The van der Waals surface area contributed by atoms with E-state index < -0.39 is 28.9 Å². The Balaban J connectivity index is 0.000000690. The van der Waals surface area contributed by atoms with Crippen molar-refractivity contribution in [3.63, 3.8) is 0 Å². The quantitative estimate of drug-likeness (QED) is 0.236. The summed E-state index contributed by atoms with van der Waals surface area (Å²) in [6, 6.07) is 24.3. The van der Waals surface area contributed by atoms with Crippen LogP contribution in [0, 0.1) is 38.5 Å². The van der Waals surface area contributed by atoms with E-state index in [0.29, 0.717) is 0 Å². The fourth-order valence-corrected chi connectivity index (χ4v) is 17.0. The molecule has 36 heavy (non-hydrogen) atoms. The van der Waals surface area contributed by atoms with Gasteiger partial charge in [0.2, 0.25) is 0 Å². The molecular weight excluding hydrogens is 575 g/mol. The Labute approximate surface area is 242 Å². The van der Waals surface area contributed by atoms with Gasteiger partial charge in [0.15, 0.2) is 0 Å². The summed E-state index contributed by atoms with van der Waals surface area (Å²) in [6.07, 6.45) is 18.1. The van der Waals surface area contributed by atoms with Gasteiger partial charge in [-0.15, -0.1) is 0 Å². The second-order valence-electron chi connectivity index (χ2n) is 11.4. The van der Waals surface area contributed by atoms with Crippen molar-refractivity contribution in [2.75, 3.05) is 0 Å². The van der Waals surface area contributed by atoms with E-state index in [4.69, 9.17) is 17.0 Å². The zero-order valence-corrected chi connectivity index (χ0v) is 27.4. The van der Waals surface area contributed by atoms with Crippen molar-refractivity contribution < 1.29 is 20.8 Å². The summed E-state index contributed by atoms with van der Waals surface area (Å²) in [5, 5.41) is 3.57. The predicted octanol–water partition coefficient (Wildman–Crippen LogP) is 9.47. The number of hydrogen-bond donors (Lipinski definition) is 0. The summed E-state index contributed by atoms with van der Waals surface area (Å²) >= 11 is -0.826. The molecule has 0 amide bonds. The fraction of sp³-hybridized carbons (Fsp3) is 0.562. The Morgan fingerprint density at radius 2 is 0.861 bits per heavy atom. The summed E-state index contributed by atoms with van der Waals surface area (Å²) in [4.78, 5) is 0. The topological polar surface area (TPSA) is 0 Å². The van der Waals surface area contributed by atoms with Crippen LogP contribution in [0.4, 0.5) is 0 Å². The molecule has 0 radical (unpaired) electrons. The van der Waals surface area contributed by atoms with Gasteiger partial charge in [-0.2, -0.15) is 0 Å². The summed E-state index contributed by atoms with van der Waals surface area (Å²) in [5.41, 5.74) is 1.93. The van der Waals surface area contributed by atoms with Crippen molar-refractivity contribution in [2.24, 2.45) is 23.7 Å². The van der Waals surface area contributed by atoms with E-state index in [1.165, 1.54) is 64.2 Å². The van der Waals surface area contributed by atoms with Crippen molar-refractivity contribution in [1.29, 1.82) is 0 Å². The average Bonchev–Trinajstić information content (AvgIpc) is 3.55. The van der Waals surface area contributed by atoms with Crippen molar-refractivity contribution in [1.82, 2.24) is 0 Å². The molecule has 0 bridgehead atoms. The fourth-order valence-electron chi connectivity index (χ4n) is 9.43. The summed E-state index contributed by atoms with van der Waals surface area (Å²) in [6.45, 7) is 0. The van der Waals surface area contributed by atoms with Crippen molar-refractivity contribution >= 4 is 35.5 Å². The van der Waals surface area contributed by atoms with Gasteiger partial charge in [0.25, 0.3) is 0 Å². The maximum atomic E-state index is 4.93. The molecule has 2 aromatic rings. The smallest absolute Gasteiger partial charge is 0.0626 e. The molecule has 4 saturated carbocycles. The zero-order chi connectivity index (χ0) is 23.4. The van der Waals surface area contributed by atoms with Gasteiger partial charge < -0.3 is 14.9 Å². The van der Waals surface area contributed by atoms with E-state index in [1.54, 1.807) is 23.2 Å². The van der Waals surface area contributed by atoms with E-state index >= 15 is 0 Å². The first-order chi connectivity index (χ1) is 16.8. The van der Waals surface area contributed by atoms with Crippen LogP contribution in [0.15, 0.2) is 60.7 Å². The van der Waals surface area contributed by atoms with Crippen molar-refractivity contribution in [3.8, 4) is 0 Å². The summed E-state index contributed by atoms with van der Waals surface area (Å²) < 4.78 is 0. The molecular formula is C32H46Cl2SiZr. The van der Waals surface area contributed by atoms with Crippen LogP contribution in [0.3, 0.4) is 0 Å². The van der Waals surface area contributed by atoms with E-state index in [9.17, 15) is 0 Å². The number of benzene rings is 2. The first kappa shape index (κ1) is 30.7. The normalized spacial score (nSPS) is 29.3. The van der Waals surface area contributed by atoms with Crippen LogP contribution >= 0.6 is 17.0 Å². The molecule has 4 aliphatic rings. The molecule has 0 N–H and O–H groups in total. The third kappa shape index (κ3) is 5.69. The van der Waals surface area contributed by atoms with Gasteiger partial charge in [-0.1, -0.05) is 135 Å². The molecule has 4 aliphatic carbocycles. The number of rotatable bonds is 4. The summed E-state index contributed by atoms with van der Waals surface area (Å²) in [5.74, 6) is 4.11. The standard InChI is InChI=1S/C30H40Si.2CH3.2ClH.Zr/c1-3-13-23(14-4-1)31(25-17-7-8-18-25,24-15-5-2-6-16-24)30-28-21-11-9-19-26(28)27-20-10-12-22-29(27)30;;;;;/h1-6,13-16,25-30H,7-12,17-22H2;2*1H3;2*1H;/q;2*-1;;;+4/p-2. The van der Waals surface area contributed by atoms with Crippen LogP contribution in [-0.4, -0.2) is 8.07 Å². The second-order valence-corrected chi connectivity index (χ2v) is 19.5. The first-order valence-corrected chi connectivity index (χ1v) is 22.4. The van der Waals surface area contributed by atoms with Gasteiger partial charge in [0.1, 0.15) is 8.07 Å². The maximum absolute atomic E-state index is 4.93. The molecule has 0 nitrogen and oxygen atoms in total. The second kappa shape index (κ2) is 14.5. The average molecular weight is 621 g/mol. The Morgan fingerprint density at radius 3 is 1.25 bits per heavy atom. The van der Waals surface area contributed by atoms with Crippen LogP contribution in [0.1, 0.15) is 77.0 Å². The minimum Gasteiger partial charge on any atom is -0.0626 e. The molecule has 0 saturated heterocycles. The number of hydrogen-bond acceptors (Lipinski definition) is 0. The predicted molar refractivity (Wildman–Crippen MR) is 159 cm³/mol. The maximum Gasteiger partial charge on any atom is 0.124 e. The molecule has 2 aromatic carbocycles.